The van der Waals surface area contributed by atoms with Gasteiger partial charge in [0, 0.05) is 6.54 Å². The summed E-state index contributed by atoms with van der Waals surface area (Å²) in [5.74, 6) is -1.26. The summed E-state index contributed by atoms with van der Waals surface area (Å²) < 4.78 is 13.7. The zero-order valence-electron chi connectivity index (χ0n) is 12.6. The molecule has 0 bridgehead atoms. The highest BCUT2D eigenvalue weighted by Gasteiger charge is 2.21. The van der Waals surface area contributed by atoms with Gasteiger partial charge in [-0.3, -0.25) is 9.59 Å². The van der Waals surface area contributed by atoms with E-state index in [-0.39, 0.29) is 30.0 Å². The molecule has 0 saturated carbocycles. The molecule has 0 aromatic heterocycles. The Morgan fingerprint density at radius 3 is 2.48 bits per heavy atom. The highest BCUT2D eigenvalue weighted by molar-refractivity contribution is 5.97. The lowest BCUT2D eigenvalue weighted by molar-refractivity contribution is -0.126. The molecule has 1 aromatic rings. The van der Waals surface area contributed by atoms with Crippen LogP contribution in [0.1, 0.15) is 20.8 Å². The fourth-order valence-electron chi connectivity index (χ4n) is 1.83. The Morgan fingerprint density at radius 2 is 1.95 bits per heavy atom. The van der Waals surface area contributed by atoms with Crippen molar-refractivity contribution < 1.29 is 14.0 Å². The smallest absolute Gasteiger partial charge is 0.246 e. The molecule has 0 heterocycles. The van der Waals surface area contributed by atoms with Gasteiger partial charge >= 0.3 is 0 Å². The van der Waals surface area contributed by atoms with E-state index < -0.39 is 11.9 Å². The molecule has 0 spiro atoms. The molecule has 0 saturated heterocycles. The minimum atomic E-state index is -0.665. The average molecular weight is 295 g/mol. The van der Waals surface area contributed by atoms with Crippen LogP contribution in [0.15, 0.2) is 24.3 Å². The van der Waals surface area contributed by atoms with Crippen LogP contribution in [0.5, 0.6) is 0 Å². The van der Waals surface area contributed by atoms with E-state index in [2.05, 4.69) is 5.32 Å². The molecule has 6 heteroatoms. The lowest BCUT2D eigenvalue weighted by Crippen LogP contribution is -2.48. The largest absolute Gasteiger partial charge is 0.346 e. The van der Waals surface area contributed by atoms with Crippen molar-refractivity contribution >= 4 is 17.5 Å². The highest BCUT2D eigenvalue weighted by atomic mass is 19.1. The Bertz CT molecular complexity index is 505. The number of hydrogen-bond donors (Lipinski definition) is 2. The van der Waals surface area contributed by atoms with Crippen LogP contribution >= 0.6 is 0 Å². The highest BCUT2D eigenvalue weighted by Crippen LogP contribution is 2.18. The number of rotatable bonds is 6. The standard InChI is InChI=1S/C15H22FN3O2/c1-4-19(12-8-6-5-7-11(12)16)13(20)9-18-15(21)14(17)10(2)3/h5-8,10,14H,4,9,17H2,1-3H3,(H,18,21)/t14-/m0/s1. The second kappa shape index (κ2) is 7.73. The first-order chi connectivity index (χ1) is 9.88. The first kappa shape index (κ1) is 17.1. The predicted molar refractivity (Wildman–Crippen MR) is 80.3 cm³/mol. The summed E-state index contributed by atoms with van der Waals surface area (Å²) in [7, 11) is 0. The molecule has 0 aliphatic heterocycles. The van der Waals surface area contributed by atoms with Crippen LogP contribution in [-0.4, -0.2) is 30.9 Å². The molecule has 2 amide bonds. The molecule has 0 aliphatic carbocycles. The van der Waals surface area contributed by atoms with Crippen molar-refractivity contribution in [3.05, 3.63) is 30.1 Å². The zero-order chi connectivity index (χ0) is 16.0. The van der Waals surface area contributed by atoms with Gasteiger partial charge < -0.3 is 16.0 Å². The van der Waals surface area contributed by atoms with E-state index >= 15 is 0 Å². The van der Waals surface area contributed by atoms with E-state index in [0.29, 0.717) is 6.54 Å². The number of amides is 2. The SMILES string of the molecule is CCN(C(=O)CNC(=O)[C@@H](N)C(C)C)c1ccccc1F. The number of nitrogens with zero attached hydrogens (tertiary/aromatic N) is 1. The monoisotopic (exact) mass is 295 g/mol. The number of nitrogens with two attached hydrogens (primary N) is 1. The van der Waals surface area contributed by atoms with Gasteiger partial charge in [0.1, 0.15) is 5.82 Å². The Kier molecular flexibility index (Phi) is 6.30. The van der Waals surface area contributed by atoms with E-state index in [1.54, 1.807) is 19.1 Å². The van der Waals surface area contributed by atoms with Crippen LogP contribution in [0.25, 0.3) is 0 Å². The van der Waals surface area contributed by atoms with Crippen molar-refractivity contribution in [2.45, 2.75) is 26.8 Å². The summed E-state index contributed by atoms with van der Waals surface area (Å²) in [4.78, 5) is 25.1. The Balaban J connectivity index is 2.69. The first-order valence-corrected chi connectivity index (χ1v) is 6.96. The second-order valence-corrected chi connectivity index (χ2v) is 5.08. The van der Waals surface area contributed by atoms with Gasteiger partial charge in [-0.25, -0.2) is 4.39 Å². The predicted octanol–water partition coefficient (Wildman–Crippen LogP) is 1.28. The van der Waals surface area contributed by atoms with Crippen molar-refractivity contribution in [1.29, 1.82) is 0 Å². The molecule has 5 nitrogen and oxygen atoms in total. The molecule has 1 atom stereocenters. The van der Waals surface area contributed by atoms with Gasteiger partial charge in [-0.15, -0.1) is 0 Å². The number of carbonyl (C=O) groups excluding carboxylic acids is 2. The van der Waals surface area contributed by atoms with E-state index in [4.69, 9.17) is 5.73 Å². The van der Waals surface area contributed by atoms with Gasteiger partial charge in [0.25, 0.3) is 0 Å². The van der Waals surface area contributed by atoms with Crippen LogP contribution in [0.4, 0.5) is 10.1 Å². The summed E-state index contributed by atoms with van der Waals surface area (Å²) >= 11 is 0. The number of carbonyl (C=O) groups is 2. The first-order valence-electron chi connectivity index (χ1n) is 6.96. The third-order valence-corrected chi connectivity index (χ3v) is 3.20. The van der Waals surface area contributed by atoms with Gasteiger partial charge in [0.15, 0.2) is 0 Å². The molecular formula is C15H22FN3O2. The molecule has 116 valence electrons. The van der Waals surface area contributed by atoms with E-state index in [1.807, 2.05) is 13.8 Å². The second-order valence-electron chi connectivity index (χ2n) is 5.08. The van der Waals surface area contributed by atoms with Crippen LogP contribution in [0, 0.1) is 11.7 Å². The maximum atomic E-state index is 13.7. The topological polar surface area (TPSA) is 75.4 Å². The number of benzene rings is 1. The fraction of sp³-hybridized carbons (Fsp3) is 0.467. The molecule has 21 heavy (non-hydrogen) atoms. The van der Waals surface area contributed by atoms with Crippen LogP contribution in [0.3, 0.4) is 0 Å². The Hall–Kier alpha value is -1.95. The molecule has 3 N–H and O–H groups in total. The number of para-hydroxylation sites is 1. The summed E-state index contributed by atoms with van der Waals surface area (Å²) in [6, 6.07) is 5.36. The summed E-state index contributed by atoms with van der Waals surface area (Å²) in [6.45, 7) is 5.49. The lowest BCUT2D eigenvalue weighted by Gasteiger charge is -2.22. The van der Waals surface area contributed by atoms with E-state index in [0.717, 1.165) is 0 Å². The quantitative estimate of drug-likeness (QED) is 0.830. The fourth-order valence-corrected chi connectivity index (χ4v) is 1.83. The summed E-state index contributed by atoms with van der Waals surface area (Å²) in [5.41, 5.74) is 5.89. The number of likely N-dealkylation sites (N-methyl/N-ethyl adjacent to an activating group) is 1. The van der Waals surface area contributed by atoms with Crippen molar-refractivity contribution in [1.82, 2.24) is 5.32 Å². The van der Waals surface area contributed by atoms with Gasteiger partial charge in [-0.1, -0.05) is 26.0 Å². The van der Waals surface area contributed by atoms with E-state index in [1.165, 1.54) is 17.0 Å². The van der Waals surface area contributed by atoms with Crippen LogP contribution < -0.4 is 16.0 Å². The molecule has 0 unspecified atom stereocenters. The van der Waals surface area contributed by atoms with Crippen LogP contribution in [0.2, 0.25) is 0 Å². The van der Waals surface area contributed by atoms with Crippen molar-refractivity contribution in [2.75, 3.05) is 18.0 Å². The number of hydrogen-bond acceptors (Lipinski definition) is 3. The maximum Gasteiger partial charge on any atom is 0.246 e. The average Bonchev–Trinajstić information content (AvgIpc) is 2.46. The van der Waals surface area contributed by atoms with Gasteiger partial charge in [0.2, 0.25) is 11.8 Å². The molecule has 1 rings (SSSR count). The Labute approximate surface area is 124 Å². The Morgan fingerprint density at radius 1 is 1.33 bits per heavy atom. The van der Waals surface area contributed by atoms with Crippen molar-refractivity contribution in [3.8, 4) is 0 Å². The number of nitrogens with one attached hydrogen (secondary N) is 1. The van der Waals surface area contributed by atoms with Gasteiger partial charge in [0.05, 0.1) is 18.3 Å². The molecule has 1 aromatic carbocycles. The molecule has 0 radical (unpaired) electrons. The number of anilines is 1. The van der Waals surface area contributed by atoms with Crippen molar-refractivity contribution in [3.63, 3.8) is 0 Å². The van der Waals surface area contributed by atoms with Gasteiger partial charge in [-0.2, -0.15) is 0 Å². The van der Waals surface area contributed by atoms with Crippen LogP contribution in [-0.2, 0) is 9.59 Å². The summed E-state index contributed by atoms with van der Waals surface area (Å²) in [5, 5.41) is 2.49. The normalized spacial score (nSPS) is 12.1. The lowest BCUT2D eigenvalue weighted by atomic mass is 10.1. The minimum absolute atomic E-state index is 0.0195. The maximum absolute atomic E-state index is 13.7. The summed E-state index contributed by atoms with van der Waals surface area (Å²) in [6.07, 6.45) is 0. The number of halogens is 1. The van der Waals surface area contributed by atoms with E-state index in [9.17, 15) is 14.0 Å². The van der Waals surface area contributed by atoms with Gasteiger partial charge in [-0.05, 0) is 25.0 Å². The third kappa shape index (κ3) is 4.53. The zero-order valence-corrected chi connectivity index (χ0v) is 12.6. The third-order valence-electron chi connectivity index (χ3n) is 3.20. The molecule has 0 aliphatic rings. The minimum Gasteiger partial charge on any atom is -0.346 e. The molecule has 0 fully saturated rings. The van der Waals surface area contributed by atoms with Crippen molar-refractivity contribution in [2.24, 2.45) is 11.7 Å². The molecular weight excluding hydrogens is 273 g/mol.